The number of hydrogen-bond donors (Lipinski definition) is 0. The Bertz CT molecular complexity index is 764. The Morgan fingerprint density at radius 1 is 0.793 bits per heavy atom. The van der Waals surface area contributed by atoms with E-state index in [9.17, 15) is 0 Å². The van der Waals surface area contributed by atoms with Crippen molar-refractivity contribution >= 4 is 23.9 Å². The van der Waals surface area contributed by atoms with Crippen molar-refractivity contribution in [3.05, 3.63) is 91.0 Å². The van der Waals surface area contributed by atoms with Gasteiger partial charge in [0, 0.05) is 12.7 Å². The summed E-state index contributed by atoms with van der Waals surface area (Å²) in [5, 5.41) is 3.86. The van der Waals surface area contributed by atoms with E-state index in [4.69, 9.17) is 9.16 Å². The van der Waals surface area contributed by atoms with Crippen LogP contribution >= 0.6 is 0 Å². The molecular weight excluding hydrogens is 372 g/mol. The van der Waals surface area contributed by atoms with Crippen molar-refractivity contribution in [2.45, 2.75) is 44.8 Å². The van der Waals surface area contributed by atoms with E-state index in [0.29, 0.717) is 6.10 Å². The topological polar surface area (TPSA) is 18.5 Å². The second-order valence-corrected chi connectivity index (χ2v) is 11.3. The summed E-state index contributed by atoms with van der Waals surface area (Å²) in [4.78, 5) is 0. The highest BCUT2D eigenvalue weighted by Crippen LogP contribution is 2.21. The molecule has 3 heteroatoms. The SMILES string of the molecule is C[C@@H](C[C@@H]1CCCCO1)O[Si](c1ccccc1)(c1ccccc1)c1ccccc1. The molecule has 1 aliphatic heterocycles. The molecule has 1 aliphatic rings. The van der Waals surface area contributed by atoms with Crippen molar-refractivity contribution in [3.63, 3.8) is 0 Å². The molecule has 2 nitrogen and oxygen atoms in total. The molecule has 3 aromatic carbocycles. The van der Waals surface area contributed by atoms with E-state index >= 15 is 0 Å². The van der Waals surface area contributed by atoms with E-state index < -0.39 is 8.32 Å². The third-order valence-electron chi connectivity index (χ3n) is 5.79. The largest absolute Gasteiger partial charge is 0.401 e. The van der Waals surface area contributed by atoms with E-state index in [1.807, 2.05) is 0 Å². The van der Waals surface area contributed by atoms with Crippen molar-refractivity contribution in [1.82, 2.24) is 0 Å². The van der Waals surface area contributed by atoms with Gasteiger partial charge in [-0.2, -0.15) is 0 Å². The van der Waals surface area contributed by atoms with Gasteiger partial charge in [-0.25, -0.2) is 0 Å². The molecule has 150 valence electrons. The normalized spacial score (nSPS) is 18.3. The van der Waals surface area contributed by atoms with Gasteiger partial charge in [-0.15, -0.1) is 0 Å². The minimum atomic E-state index is -2.63. The fourth-order valence-electron chi connectivity index (χ4n) is 4.44. The molecule has 1 fully saturated rings. The summed E-state index contributed by atoms with van der Waals surface area (Å²) in [7, 11) is -2.63. The van der Waals surface area contributed by atoms with Crippen molar-refractivity contribution in [3.8, 4) is 0 Å². The van der Waals surface area contributed by atoms with Crippen LogP contribution in [0, 0.1) is 0 Å². The summed E-state index contributed by atoms with van der Waals surface area (Å²) in [5.74, 6) is 0. The molecule has 0 spiro atoms. The number of hydrogen-bond acceptors (Lipinski definition) is 2. The summed E-state index contributed by atoms with van der Waals surface area (Å²) in [5.41, 5.74) is 0. The highest BCUT2D eigenvalue weighted by Gasteiger charge is 2.43. The summed E-state index contributed by atoms with van der Waals surface area (Å²) in [6, 6.07) is 32.4. The van der Waals surface area contributed by atoms with Gasteiger partial charge in [0.25, 0.3) is 8.32 Å². The molecule has 0 aliphatic carbocycles. The molecule has 0 N–H and O–H groups in total. The summed E-state index contributed by atoms with van der Waals surface area (Å²) >= 11 is 0. The van der Waals surface area contributed by atoms with Crippen molar-refractivity contribution in [2.24, 2.45) is 0 Å². The van der Waals surface area contributed by atoms with Crippen LogP contribution in [0.3, 0.4) is 0 Å². The zero-order valence-electron chi connectivity index (χ0n) is 17.2. The van der Waals surface area contributed by atoms with Crippen LogP contribution in [0.1, 0.15) is 32.6 Å². The minimum absolute atomic E-state index is 0.116. The third kappa shape index (κ3) is 4.53. The quantitative estimate of drug-likeness (QED) is 0.439. The van der Waals surface area contributed by atoms with Crippen molar-refractivity contribution in [1.29, 1.82) is 0 Å². The first-order chi connectivity index (χ1) is 14.3. The standard InChI is InChI=1S/C26H30O2Si/c1-22(21-23-13-11-12-20-27-23)28-29(24-14-5-2-6-15-24,25-16-7-3-8-17-25)26-18-9-4-10-19-26/h2-10,14-19,22-23H,11-13,20-21H2,1H3/t22-,23-/m0/s1. The molecule has 0 saturated carbocycles. The lowest BCUT2D eigenvalue weighted by Gasteiger charge is -2.37. The fourth-order valence-corrected chi connectivity index (χ4v) is 8.53. The van der Waals surface area contributed by atoms with Gasteiger partial charge >= 0.3 is 0 Å². The molecule has 3 aromatic rings. The van der Waals surface area contributed by atoms with Crippen LogP contribution in [0.4, 0.5) is 0 Å². The van der Waals surface area contributed by atoms with Gasteiger partial charge in [0.05, 0.1) is 6.10 Å². The van der Waals surface area contributed by atoms with E-state index in [0.717, 1.165) is 19.4 Å². The van der Waals surface area contributed by atoms with Crippen LogP contribution in [0.15, 0.2) is 91.0 Å². The first kappa shape index (κ1) is 20.1. The van der Waals surface area contributed by atoms with Crippen molar-refractivity contribution in [2.75, 3.05) is 6.61 Å². The van der Waals surface area contributed by atoms with Crippen LogP contribution in [0.5, 0.6) is 0 Å². The second kappa shape index (κ2) is 9.53. The average Bonchev–Trinajstić information content (AvgIpc) is 2.80. The van der Waals surface area contributed by atoms with Crippen LogP contribution in [0.25, 0.3) is 0 Å². The van der Waals surface area contributed by atoms with Crippen LogP contribution in [-0.4, -0.2) is 27.1 Å². The Balaban J connectivity index is 1.77. The maximum atomic E-state index is 7.16. The minimum Gasteiger partial charge on any atom is -0.401 e. The first-order valence-corrected chi connectivity index (χ1v) is 12.7. The Morgan fingerprint density at radius 3 is 1.69 bits per heavy atom. The second-order valence-electron chi connectivity index (χ2n) is 7.93. The molecule has 29 heavy (non-hydrogen) atoms. The van der Waals surface area contributed by atoms with Crippen LogP contribution in [-0.2, 0) is 9.16 Å². The molecule has 1 heterocycles. The van der Waals surface area contributed by atoms with Crippen molar-refractivity contribution < 1.29 is 9.16 Å². The van der Waals surface area contributed by atoms with Crippen LogP contribution < -0.4 is 15.6 Å². The molecule has 0 bridgehead atoms. The highest BCUT2D eigenvalue weighted by atomic mass is 28.4. The molecule has 4 rings (SSSR count). The Hall–Kier alpha value is -2.20. The van der Waals surface area contributed by atoms with Gasteiger partial charge in [0.1, 0.15) is 0 Å². The number of benzene rings is 3. The zero-order chi connectivity index (χ0) is 19.9. The molecular formula is C26H30O2Si. The summed E-state index contributed by atoms with van der Waals surface area (Å²) < 4.78 is 13.2. The molecule has 1 saturated heterocycles. The maximum Gasteiger partial charge on any atom is 0.288 e. The number of ether oxygens (including phenoxy) is 1. The summed E-state index contributed by atoms with van der Waals surface area (Å²) in [6.07, 6.45) is 4.96. The van der Waals surface area contributed by atoms with Gasteiger partial charge in [0.2, 0.25) is 0 Å². The predicted molar refractivity (Wildman–Crippen MR) is 123 cm³/mol. The Morgan fingerprint density at radius 2 is 1.28 bits per heavy atom. The molecule has 0 unspecified atom stereocenters. The lowest BCUT2D eigenvalue weighted by Crippen LogP contribution is -2.70. The predicted octanol–water partition coefficient (Wildman–Crippen LogP) is 4.02. The molecule has 0 aromatic heterocycles. The van der Waals surface area contributed by atoms with Gasteiger partial charge in [0.15, 0.2) is 0 Å². The van der Waals surface area contributed by atoms with Gasteiger partial charge in [-0.1, -0.05) is 91.0 Å². The first-order valence-electron chi connectivity index (χ1n) is 10.7. The lowest BCUT2D eigenvalue weighted by atomic mass is 10.0. The van der Waals surface area contributed by atoms with Crippen LogP contribution in [0.2, 0.25) is 0 Å². The summed E-state index contributed by atoms with van der Waals surface area (Å²) in [6.45, 7) is 3.10. The maximum absolute atomic E-state index is 7.16. The Kier molecular flexibility index (Phi) is 6.60. The van der Waals surface area contributed by atoms with E-state index in [-0.39, 0.29) is 6.10 Å². The van der Waals surface area contributed by atoms with E-state index in [1.54, 1.807) is 0 Å². The van der Waals surface area contributed by atoms with E-state index in [1.165, 1.54) is 28.4 Å². The monoisotopic (exact) mass is 402 g/mol. The zero-order valence-corrected chi connectivity index (χ0v) is 18.2. The fraction of sp³-hybridized carbons (Fsp3) is 0.308. The van der Waals surface area contributed by atoms with E-state index in [2.05, 4.69) is 97.9 Å². The highest BCUT2D eigenvalue weighted by molar-refractivity contribution is 7.07. The van der Waals surface area contributed by atoms with Gasteiger partial charge < -0.3 is 9.16 Å². The third-order valence-corrected chi connectivity index (χ3v) is 9.98. The van der Waals surface area contributed by atoms with Gasteiger partial charge in [-0.3, -0.25) is 0 Å². The molecule has 2 atom stereocenters. The number of rotatable bonds is 7. The lowest BCUT2D eigenvalue weighted by molar-refractivity contribution is -0.00812. The molecule has 0 amide bonds. The molecule has 0 radical (unpaired) electrons. The smallest absolute Gasteiger partial charge is 0.288 e. The van der Waals surface area contributed by atoms with Gasteiger partial charge in [-0.05, 0) is 48.2 Å². The Labute approximate surface area is 175 Å². The average molecular weight is 403 g/mol.